The van der Waals surface area contributed by atoms with Gasteiger partial charge in [-0.1, -0.05) is 6.92 Å². The van der Waals surface area contributed by atoms with E-state index in [0.29, 0.717) is 0 Å². The van der Waals surface area contributed by atoms with E-state index in [0.717, 1.165) is 29.8 Å². The summed E-state index contributed by atoms with van der Waals surface area (Å²) in [4.78, 5) is 2.84. The first kappa shape index (κ1) is 10.1. The Morgan fingerprint density at radius 2 is 2.13 bits per heavy atom. The summed E-state index contributed by atoms with van der Waals surface area (Å²) in [5.41, 5.74) is 0. The monoisotopic (exact) mass is 208 g/mol. The van der Waals surface area contributed by atoms with E-state index in [2.05, 4.69) is 24.1 Å². The molecule has 0 spiro atoms. The lowest BCUT2D eigenvalue weighted by atomic mass is 9.95. The fourth-order valence-electron chi connectivity index (χ4n) is 3.96. The molecule has 0 amide bonds. The molecule has 2 saturated heterocycles. The third kappa shape index (κ3) is 1.62. The molecule has 1 aliphatic carbocycles. The van der Waals surface area contributed by atoms with Gasteiger partial charge in [0.1, 0.15) is 0 Å². The topological polar surface area (TPSA) is 15.3 Å². The summed E-state index contributed by atoms with van der Waals surface area (Å²) in [5, 5.41) is 3.55. The first-order valence-electron chi connectivity index (χ1n) is 6.77. The van der Waals surface area contributed by atoms with Crippen molar-refractivity contribution in [3.8, 4) is 0 Å². The Kier molecular flexibility index (Phi) is 2.52. The van der Waals surface area contributed by atoms with Crippen LogP contribution in [0.2, 0.25) is 0 Å². The van der Waals surface area contributed by atoms with Gasteiger partial charge in [0.25, 0.3) is 0 Å². The fraction of sp³-hybridized carbons (Fsp3) is 1.00. The van der Waals surface area contributed by atoms with Crippen LogP contribution in [-0.2, 0) is 0 Å². The molecule has 0 aromatic heterocycles. The average Bonchev–Trinajstić information content (AvgIpc) is 2.87. The molecular formula is C13H24N2. The van der Waals surface area contributed by atoms with Gasteiger partial charge in [-0.05, 0) is 57.0 Å². The van der Waals surface area contributed by atoms with Crippen LogP contribution in [0.15, 0.2) is 0 Å². The van der Waals surface area contributed by atoms with Gasteiger partial charge in [-0.15, -0.1) is 0 Å². The molecule has 3 fully saturated rings. The second kappa shape index (κ2) is 3.74. The van der Waals surface area contributed by atoms with Gasteiger partial charge < -0.3 is 5.32 Å². The van der Waals surface area contributed by atoms with Crippen LogP contribution in [0.4, 0.5) is 0 Å². The van der Waals surface area contributed by atoms with Crippen LogP contribution < -0.4 is 5.32 Å². The van der Waals surface area contributed by atoms with Gasteiger partial charge in [0.15, 0.2) is 0 Å². The number of hydrogen-bond donors (Lipinski definition) is 1. The molecule has 86 valence electrons. The van der Waals surface area contributed by atoms with Gasteiger partial charge in [-0.25, -0.2) is 0 Å². The molecule has 0 bridgehead atoms. The molecule has 2 nitrogen and oxygen atoms in total. The Balaban J connectivity index is 1.71. The number of nitrogens with zero attached hydrogens (tertiary/aromatic N) is 1. The number of rotatable bonds is 3. The SMILES string of the molecule is CCC(C1CC1)N1CC2CNCC2C1C. The second-order valence-electron chi connectivity index (χ2n) is 5.83. The Labute approximate surface area is 93.4 Å². The van der Waals surface area contributed by atoms with Crippen LogP contribution >= 0.6 is 0 Å². The van der Waals surface area contributed by atoms with Crippen molar-refractivity contribution >= 4 is 0 Å². The highest BCUT2D eigenvalue weighted by atomic mass is 15.2. The number of nitrogens with one attached hydrogen (secondary N) is 1. The standard InChI is InChI=1S/C13H24N2/c1-3-13(10-4-5-10)15-8-11-6-14-7-12(11)9(15)2/h9-14H,3-8H2,1-2H3. The van der Waals surface area contributed by atoms with Crippen molar-refractivity contribution in [3.63, 3.8) is 0 Å². The van der Waals surface area contributed by atoms with Crippen molar-refractivity contribution in [2.24, 2.45) is 17.8 Å². The lowest BCUT2D eigenvalue weighted by molar-refractivity contribution is 0.147. The predicted molar refractivity (Wildman–Crippen MR) is 62.8 cm³/mol. The second-order valence-corrected chi connectivity index (χ2v) is 5.83. The Morgan fingerprint density at radius 3 is 2.73 bits per heavy atom. The molecule has 0 aromatic carbocycles. The zero-order chi connectivity index (χ0) is 10.4. The normalized spacial score (nSPS) is 43.2. The minimum atomic E-state index is 0.829. The maximum absolute atomic E-state index is 3.55. The Bertz CT molecular complexity index is 237. The van der Waals surface area contributed by atoms with E-state index in [1.807, 2.05) is 0 Å². The molecule has 15 heavy (non-hydrogen) atoms. The zero-order valence-electron chi connectivity index (χ0n) is 10.1. The van der Waals surface area contributed by atoms with Gasteiger partial charge in [-0.2, -0.15) is 0 Å². The number of likely N-dealkylation sites (tertiary alicyclic amines) is 1. The molecule has 1 N–H and O–H groups in total. The minimum Gasteiger partial charge on any atom is -0.316 e. The van der Waals surface area contributed by atoms with Crippen molar-refractivity contribution < 1.29 is 0 Å². The van der Waals surface area contributed by atoms with Crippen LogP contribution in [0.5, 0.6) is 0 Å². The highest BCUT2D eigenvalue weighted by Gasteiger charge is 2.46. The fourth-order valence-corrected chi connectivity index (χ4v) is 3.96. The number of hydrogen-bond acceptors (Lipinski definition) is 2. The molecule has 2 heterocycles. The summed E-state index contributed by atoms with van der Waals surface area (Å²) in [5.74, 6) is 2.94. The summed E-state index contributed by atoms with van der Waals surface area (Å²) in [6.07, 6.45) is 4.35. The van der Waals surface area contributed by atoms with Crippen LogP contribution in [0.3, 0.4) is 0 Å². The summed E-state index contributed by atoms with van der Waals surface area (Å²) < 4.78 is 0. The van der Waals surface area contributed by atoms with Gasteiger partial charge >= 0.3 is 0 Å². The van der Waals surface area contributed by atoms with Crippen LogP contribution in [-0.4, -0.2) is 36.6 Å². The van der Waals surface area contributed by atoms with Crippen molar-refractivity contribution in [1.82, 2.24) is 10.2 Å². The number of fused-ring (bicyclic) bond motifs is 1. The highest BCUT2D eigenvalue weighted by Crippen LogP contribution is 2.42. The molecule has 4 unspecified atom stereocenters. The van der Waals surface area contributed by atoms with E-state index in [9.17, 15) is 0 Å². The molecule has 0 radical (unpaired) electrons. The van der Waals surface area contributed by atoms with Gasteiger partial charge in [0.2, 0.25) is 0 Å². The summed E-state index contributed by atoms with van der Waals surface area (Å²) in [6.45, 7) is 8.74. The van der Waals surface area contributed by atoms with Crippen LogP contribution in [0.25, 0.3) is 0 Å². The maximum Gasteiger partial charge on any atom is 0.0124 e. The van der Waals surface area contributed by atoms with Crippen molar-refractivity contribution in [2.75, 3.05) is 19.6 Å². The first-order valence-corrected chi connectivity index (χ1v) is 6.77. The molecule has 1 saturated carbocycles. The minimum absolute atomic E-state index is 0.829. The van der Waals surface area contributed by atoms with Gasteiger partial charge in [0.05, 0.1) is 0 Å². The molecule has 3 rings (SSSR count). The first-order chi connectivity index (χ1) is 7.31. The molecule has 0 aromatic rings. The van der Waals surface area contributed by atoms with E-state index in [1.54, 1.807) is 0 Å². The van der Waals surface area contributed by atoms with E-state index in [4.69, 9.17) is 0 Å². The van der Waals surface area contributed by atoms with Crippen LogP contribution in [0.1, 0.15) is 33.1 Å². The summed E-state index contributed by atoms with van der Waals surface area (Å²) in [6, 6.07) is 1.74. The molecule has 4 atom stereocenters. The van der Waals surface area contributed by atoms with Crippen molar-refractivity contribution in [1.29, 1.82) is 0 Å². The largest absolute Gasteiger partial charge is 0.316 e. The van der Waals surface area contributed by atoms with E-state index < -0.39 is 0 Å². The Morgan fingerprint density at radius 1 is 1.33 bits per heavy atom. The summed E-state index contributed by atoms with van der Waals surface area (Å²) >= 11 is 0. The zero-order valence-corrected chi connectivity index (χ0v) is 10.1. The molecular weight excluding hydrogens is 184 g/mol. The lowest BCUT2D eigenvalue weighted by Gasteiger charge is -2.32. The van der Waals surface area contributed by atoms with E-state index in [-0.39, 0.29) is 0 Å². The van der Waals surface area contributed by atoms with Crippen molar-refractivity contribution in [2.45, 2.75) is 45.2 Å². The smallest absolute Gasteiger partial charge is 0.0124 e. The van der Waals surface area contributed by atoms with E-state index in [1.165, 1.54) is 38.9 Å². The quantitative estimate of drug-likeness (QED) is 0.759. The van der Waals surface area contributed by atoms with E-state index >= 15 is 0 Å². The molecule has 3 aliphatic rings. The average molecular weight is 208 g/mol. The van der Waals surface area contributed by atoms with Crippen molar-refractivity contribution in [3.05, 3.63) is 0 Å². The maximum atomic E-state index is 3.55. The highest BCUT2D eigenvalue weighted by molar-refractivity contribution is 5.01. The Hall–Kier alpha value is -0.0800. The van der Waals surface area contributed by atoms with Gasteiger partial charge in [-0.3, -0.25) is 4.90 Å². The predicted octanol–water partition coefficient (Wildman–Crippen LogP) is 1.71. The molecule has 2 heteroatoms. The third-order valence-corrected chi connectivity index (χ3v) is 4.99. The summed E-state index contributed by atoms with van der Waals surface area (Å²) in [7, 11) is 0. The van der Waals surface area contributed by atoms with Crippen LogP contribution in [0, 0.1) is 17.8 Å². The molecule has 2 aliphatic heterocycles. The van der Waals surface area contributed by atoms with Gasteiger partial charge in [0, 0.05) is 18.6 Å². The third-order valence-electron chi connectivity index (χ3n) is 4.99. The lowest BCUT2D eigenvalue weighted by Crippen LogP contribution is -2.42.